The molecule has 1 aromatic carbocycles. The molecule has 18 heavy (non-hydrogen) atoms. The Morgan fingerprint density at radius 1 is 1.28 bits per heavy atom. The van der Waals surface area contributed by atoms with Crippen LogP contribution >= 0.6 is 0 Å². The van der Waals surface area contributed by atoms with Gasteiger partial charge in [0, 0.05) is 49.8 Å². The zero-order chi connectivity index (χ0) is 12.4. The van der Waals surface area contributed by atoms with E-state index in [2.05, 4.69) is 27.5 Å². The van der Waals surface area contributed by atoms with Gasteiger partial charge >= 0.3 is 0 Å². The van der Waals surface area contributed by atoms with Crippen molar-refractivity contribution >= 4 is 10.9 Å². The van der Waals surface area contributed by atoms with Crippen molar-refractivity contribution in [2.75, 3.05) is 33.3 Å². The molecule has 0 spiro atoms. The summed E-state index contributed by atoms with van der Waals surface area (Å²) in [5.41, 5.74) is 2.48. The number of ether oxygens (including phenoxy) is 1. The Morgan fingerprint density at radius 2 is 2.11 bits per heavy atom. The summed E-state index contributed by atoms with van der Waals surface area (Å²) in [6.07, 6.45) is 2.11. The Labute approximate surface area is 107 Å². The van der Waals surface area contributed by atoms with E-state index in [-0.39, 0.29) is 0 Å². The number of aromatic amines is 1. The molecule has 2 N–H and O–H groups in total. The van der Waals surface area contributed by atoms with Gasteiger partial charge in [0.25, 0.3) is 0 Å². The number of nitrogens with one attached hydrogen (secondary N) is 2. The maximum atomic E-state index is 5.46. The van der Waals surface area contributed by atoms with Gasteiger partial charge in [-0.3, -0.25) is 4.90 Å². The van der Waals surface area contributed by atoms with Gasteiger partial charge in [0.1, 0.15) is 5.75 Å². The maximum absolute atomic E-state index is 5.46. The minimum absolute atomic E-state index is 0.957. The van der Waals surface area contributed by atoms with Gasteiger partial charge in [0.2, 0.25) is 0 Å². The van der Waals surface area contributed by atoms with Crippen molar-refractivity contribution in [1.82, 2.24) is 15.2 Å². The van der Waals surface area contributed by atoms with Gasteiger partial charge in [0.15, 0.2) is 0 Å². The van der Waals surface area contributed by atoms with E-state index in [0.29, 0.717) is 0 Å². The monoisotopic (exact) mass is 245 g/mol. The minimum Gasteiger partial charge on any atom is -0.496 e. The van der Waals surface area contributed by atoms with Gasteiger partial charge in [0.05, 0.1) is 7.11 Å². The summed E-state index contributed by atoms with van der Waals surface area (Å²) in [6.45, 7) is 5.38. The number of hydrogen-bond donors (Lipinski definition) is 2. The lowest BCUT2D eigenvalue weighted by molar-refractivity contribution is 0.234. The molecule has 0 radical (unpaired) electrons. The number of rotatable bonds is 3. The van der Waals surface area contributed by atoms with E-state index in [4.69, 9.17) is 4.74 Å². The Balaban J connectivity index is 1.91. The highest BCUT2D eigenvalue weighted by Gasteiger charge is 2.14. The maximum Gasteiger partial charge on any atom is 0.128 e. The summed E-state index contributed by atoms with van der Waals surface area (Å²) >= 11 is 0. The first-order valence-corrected chi connectivity index (χ1v) is 6.44. The first kappa shape index (κ1) is 11.6. The zero-order valence-electron chi connectivity index (χ0n) is 10.7. The van der Waals surface area contributed by atoms with Crippen molar-refractivity contribution in [2.24, 2.45) is 0 Å². The van der Waals surface area contributed by atoms with Gasteiger partial charge in [-0.15, -0.1) is 0 Å². The topological polar surface area (TPSA) is 40.3 Å². The van der Waals surface area contributed by atoms with Crippen LogP contribution in [0.5, 0.6) is 5.75 Å². The van der Waals surface area contributed by atoms with Crippen LogP contribution in [-0.2, 0) is 6.54 Å². The molecule has 0 aliphatic carbocycles. The van der Waals surface area contributed by atoms with Crippen molar-refractivity contribution in [3.63, 3.8) is 0 Å². The first-order chi connectivity index (χ1) is 8.88. The van der Waals surface area contributed by atoms with Crippen LogP contribution in [0.25, 0.3) is 10.9 Å². The van der Waals surface area contributed by atoms with Crippen LogP contribution in [0, 0.1) is 0 Å². The fourth-order valence-electron chi connectivity index (χ4n) is 2.62. The van der Waals surface area contributed by atoms with Crippen LogP contribution in [0.2, 0.25) is 0 Å². The van der Waals surface area contributed by atoms with E-state index in [9.17, 15) is 0 Å². The normalized spacial score (nSPS) is 17.2. The fraction of sp³-hybridized carbons (Fsp3) is 0.429. The number of benzene rings is 1. The number of piperazine rings is 1. The van der Waals surface area contributed by atoms with E-state index < -0.39 is 0 Å². The van der Waals surface area contributed by atoms with Crippen molar-refractivity contribution in [3.05, 3.63) is 30.0 Å². The Kier molecular flexibility index (Phi) is 3.21. The summed E-state index contributed by atoms with van der Waals surface area (Å²) in [5.74, 6) is 0.957. The predicted molar refractivity (Wildman–Crippen MR) is 73.0 cm³/mol. The van der Waals surface area contributed by atoms with Crippen molar-refractivity contribution in [1.29, 1.82) is 0 Å². The zero-order valence-corrected chi connectivity index (χ0v) is 10.7. The second-order valence-electron chi connectivity index (χ2n) is 4.72. The quantitative estimate of drug-likeness (QED) is 0.862. The molecular formula is C14H19N3O. The highest BCUT2D eigenvalue weighted by molar-refractivity contribution is 5.89. The summed E-state index contributed by atoms with van der Waals surface area (Å²) in [5, 5.41) is 4.60. The van der Waals surface area contributed by atoms with Crippen molar-refractivity contribution < 1.29 is 4.74 Å². The second kappa shape index (κ2) is 5.00. The van der Waals surface area contributed by atoms with Crippen LogP contribution in [0.1, 0.15) is 5.56 Å². The van der Waals surface area contributed by atoms with Gasteiger partial charge in [-0.05, 0) is 17.7 Å². The molecule has 96 valence electrons. The number of hydrogen-bond acceptors (Lipinski definition) is 3. The van der Waals surface area contributed by atoms with E-state index >= 15 is 0 Å². The molecule has 1 saturated heterocycles. The smallest absolute Gasteiger partial charge is 0.128 e. The highest BCUT2D eigenvalue weighted by Crippen LogP contribution is 2.29. The molecule has 0 saturated carbocycles. The fourth-order valence-corrected chi connectivity index (χ4v) is 2.62. The molecule has 0 atom stereocenters. The van der Waals surface area contributed by atoms with Crippen LogP contribution in [-0.4, -0.2) is 43.2 Å². The molecule has 1 aromatic heterocycles. The molecule has 3 rings (SSSR count). The van der Waals surface area contributed by atoms with Gasteiger partial charge in [-0.25, -0.2) is 0 Å². The molecular weight excluding hydrogens is 226 g/mol. The van der Waals surface area contributed by atoms with E-state index in [1.54, 1.807) is 7.11 Å². The standard InChI is InChI=1S/C14H19N3O/c1-18-13-4-2-3-12-14(13)11(9-16-12)10-17-7-5-15-6-8-17/h2-4,9,15-16H,5-8,10H2,1H3. The summed E-state index contributed by atoms with van der Waals surface area (Å²) < 4.78 is 5.46. The van der Waals surface area contributed by atoms with Crippen LogP contribution < -0.4 is 10.1 Å². The van der Waals surface area contributed by atoms with Crippen LogP contribution in [0.15, 0.2) is 24.4 Å². The lowest BCUT2D eigenvalue weighted by Gasteiger charge is -2.27. The number of methoxy groups -OCH3 is 1. The highest BCUT2D eigenvalue weighted by atomic mass is 16.5. The Morgan fingerprint density at radius 3 is 2.89 bits per heavy atom. The van der Waals surface area contributed by atoms with E-state index in [0.717, 1.165) is 44.0 Å². The summed E-state index contributed by atoms with van der Waals surface area (Å²) in [4.78, 5) is 5.81. The Hall–Kier alpha value is -1.52. The third-order valence-electron chi connectivity index (χ3n) is 3.57. The SMILES string of the molecule is COc1cccc2[nH]cc(CN3CCNCC3)c12. The Bertz CT molecular complexity index is 529. The van der Waals surface area contributed by atoms with Crippen LogP contribution in [0.4, 0.5) is 0 Å². The first-order valence-electron chi connectivity index (χ1n) is 6.44. The van der Waals surface area contributed by atoms with Crippen molar-refractivity contribution in [2.45, 2.75) is 6.54 Å². The predicted octanol–water partition coefficient (Wildman–Crippen LogP) is 1.58. The second-order valence-corrected chi connectivity index (χ2v) is 4.72. The molecule has 2 aromatic rings. The molecule has 0 unspecified atom stereocenters. The summed E-state index contributed by atoms with van der Waals surface area (Å²) in [6, 6.07) is 6.14. The lowest BCUT2D eigenvalue weighted by Crippen LogP contribution is -2.42. The largest absolute Gasteiger partial charge is 0.496 e. The average molecular weight is 245 g/mol. The van der Waals surface area contributed by atoms with Gasteiger partial charge in [-0.1, -0.05) is 6.07 Å². The van der Waals surface area contributed by atoms with Gasteiger partial charge in [-0.2, -0.15) is 0 Å². The molecule has 0 bridgehead atoms. The molecule has 1 aliphatic heterocycles. The molecule has 4 nitrogen and oxygen atoms in total. The number of aromatic nitrogens is 1. The summed E-state index contributed by atoms with van der Waals surface area (Å²) in [7, 11) is 1.73. The van der Waals surface area contributed by atoms with Crippen LogP contribution in [0.3, 0.4) is 0 Å². The number of nitrogens with zero attached hydrogens (tertiary/aromatic N) is 1. The van der Waals surface area contributed by atoms with Crippen molar-refractivity contribution in [3.8, 4) is 5.75 Å². The number of H-pyrrole nitrogens is 1. The van der Waals surface area contributed by atoms with E-state index in [1.807, 2.05) is 12.1 Å². The van der Waals surface area contributed by atoms with E-state index in [1.165, 1.54) is 10.9 Å². The molecule has 2 heterocycles. The third kappa shape index (κ3) is 2.09. The number of fused-ring (bicyclic) bond motifs is 1. The third-order valence-corrected chi connectivity index (χ3v) is 3.57. The molecule has 1 fully saturated rings. The molecule has 4 heteroatoms. The lowest BCUT2D eigenvalue weighted by atomic mass is 10.1. The van der Waals surface area contributed by atoms with Gasteiger partial charge < -0.3 is 15.0 Å². The molecule has 1 aliphatic rings. The minimum atomic E-state index is 0.957. The average Bonchev–Trinajstić information content (AvgIpc) is 2.83. The molecule has 0 amide bonds.